The molecule has 0 aliphatic carbocycles. The largest absolute Gasteiger partial charge is 0.302 e. The average molecular weight is 343 g/mol. The number of ketones is 1. The van der Waals surface area contributed by atoms with Gasteiger partial charge < -0.3 is 4.55 Å². The lowest BCUT2D eigenvalue weighted by Gasteiger charge is -2.02. The van der Waals surface area contributed by atoms with Crippen molar-refractivity contribution in [3.05, 3.63) is 22.4 Å². The Morgan fingerprint density at radius 1 is 1.64 bits per heavy atom. The fraction of sp³-hybridized carbons (Fsp3) is 0.143. The predicted molar refractivity (Wildman–Crippen MR) is 59.1 cm³/mol. The van der Waals surface area contributed by atoms with Crippen molar-refractivity contribution in [3.63, 3.8) is 0 Å². The summed E-state index contributed by atoms with van der Waals surface area (Å²) in [5.74, 6) is -0.324. The molecule has 0 fully saturated rings. The lowest BCUT2D eigenvalue weighted by atomic mass is 10.3. The minimum Gasteiger partial charge on any atom is -0.302 e. The van der Waals surface area contributed by atoms with Gasteiger partial charge in [-0.1, -0.05) is 15.9 Å². The Morgan fingerprint density at radius 2 is 2.29 bits per heavy atom. The molecule has 1 aromatic rings. The standard InChI is InChI=1S/C7H5Br2NO3S/c8-2-5(11)7-6(14(12)13)1-4(9)3-10-7/h1,3H,2H2,(H,12,13). The molecule has 1 unspecified atom stereocenters. The van der Waals surface area contributed by atoms with Crippen LogP contribution < -0.4 is 0 Å². The molecule has 14 heavy (non-hydrogen) atoms. The molecule has 0 spiro atoms. The third-order valence-electron chi connectivity index (χ3n) is 1.39. The molecule has 0 bridgehead atoms. The fourth-order valence-corrected chi connectivity index (χ4v) is 2.13. The summed E-state index contributed by atoms with van der Waals surface area (Å²) in [5.41, 5.74) is 0.0194. The monoisotopic (exact) mass is 341 g/mol. The van der Waals surface area contributed by atoms with Gasteiger partial charge in [-0.15, -0.1) is 0 Å². The molecule has 0 saturated carbocycles. The summed E-state index contributed by atoms with van der Waals surface area (Å²) in [5, 5.41) is 0.0752. The minimum absolute atomic E-state index is 0.0174. The number of hydrogen-bond acceptors (Lipinski definition) is 3. The summed E-state index contributed by atoms with van der Waals surface area (Å²) in [6, 6.07) is 1.40. The molecule has 1 rings (SSSR count). The summed E-state index contributed by atoms with van der Waals surface area (Å²) in [4.78, 5) is 15.1. The summed E-state index contributed by atoms with van der Waals surface area (Å²) >= 11 is 3.87. The van der Waals surface area contributed by atoms with Gasteiger partial charge in [0.2, 0.25) is 0 Å². The maximum Gasteiger partial charge on any atom is 0.192 e. The number of rotatable bonds is 3. The highest BCUT2D eigenvalue weighted by atomic mass is 79.9. The third-order valence-corrected chi connectivity index (χ3v) is 3.02. The second-order valence-electron chi connectivity index (χ2n) is 2.31. The van der Waals surface area contributed by atoms with Crippen molar-refractivity contribution in [1.29, 1.82) is 0 Å². The molecule has 7 heteroatoms. The zero-order chi connectivity index (χ0) is 10.7. The van der Waals surface area contributed by atoms with E-state index in [9.17, 15) is 9.00 Å². The normalized spacial score (nSPS) is 12.5. The van der Waals surface area contributed by atoms with Gasteiger partial charge in [-0.2, -0.15) is 0 Å². The van der Waals surface area contributed by atoms with Gasteiger partial charge in [0.25, 0.3) is 0 Å². The first-order chi connectivity index (χ1) is 6.56. The van der Waals surface area contributed by atoms with Gasteiger partial charge in [-0.05, 0) is 22.0 Å². The number of aromatic nitrogens is 1. The van der Waals surface area contributed by atoms with E-state index in [0.717, 1.165) is 0 Å². The number of pyridine rings is 1. The van der Waals surface area contributed by atoms with Crippen LogP contribution in [-0.4, -0.2) is 24.9 Å². The highest BCUT2D eigenvalue weighted by molar-refractivity contribution is 9.10. The van der Waals surface area contributed by atoms with Crippen molar-refractivity contribution >= 4 is 48.7 Å². The van der Waals surface area contributed by atoms with Gasteiger partial charge >= 0.3 is 0 Å². The van der Waals surface area contributed by atoms with Crippen LogP contribution in [0.3, 0.4) is 0 Å². The first kappa shape index (κ1) is 12.0. The van der Waals surface area contributed by atoms with Crippen molar-refractivity contribution < 1.29 is 13.6 Å². The molecule has 1 aromatic heterocycles. The molecule has 0 aliphatic rings. The highest BCUT2D eigenvalue weighted by Gasteiger charge is 2.16. The first-order valence-corrected chi connectivity index (χ1v) is 6.44. The minimum atomic E-state index is -2.21. The molecule has 4 nitrogen and oxygen atoms in total. The summed E-state index contributed by atoms with van der Waals surface area (Å²) < 4.78 is 20.4. The van der Waals surface area contributed by atoms with E-state index in [1.165, 1.54) is 12.3 Å². The van der Waals surface area contributed by atoms with Crippen LogP contribution in [0.2, 0.25) is 0 Å². The van der Waals surface area contributed by atoms with Crippen LogP contribution >= 0.6 is 31.9 Å². The van der Waals surface area contributed by atoms with E-state index in [0.29, 0.717) is 4.47 Å². The topological polar surface area (TPSA) is 67.3 Å². The van der Waals surface area contributed by atoms with Crippen LogP contribution in [0.5, 0.6) is 0 Å². The number of alkyl halides is 1. The van der Waals surface area contributed by atoms with Gasteiger partial charge in [0.1, 0.15) is 5.69 Å². The van der Waals surface area contributed by atoms with Crippen LogP contribution in [0, 0.1) is 0 Å². The second kappa shape index (κ2) is 5.11. The number of hydrogen-bond donors (Lipinski definition) is 1. The molecule has 0 aliphatic heterocycles. The Balaban J connectivity index is 3.28. The molecule has 0 amide bonds. The molecule has 0 aromatic carbocycles. The molecule has 76 valence electrons. The number of Topliss-reactive ketones (excluding diaryl/α,β-unsaturated/α-hetero) is 1. The lowest BCUT2D eigenvalue weighted by molar-refractivity contribution is 0.101. The van der Waals surface area contributed by atoms with E-state index in [1.807, 2.05) is 0 Å². The molecule has 0 saturated heterocycles. The quantitative estimate of drug-likeness (QED) is 0.518. The molecule has 1 N–H and O–H groups in total. The third kappa shape index (κ3) is 2.69. The number of halogens is 2. The van der Waals surface area contributed by atoms with Gasteiger partial charge in [-0.25, -0.2) is 4.21 Å². The van der Waals surface area contributed by atoms with Crippen LogP contribution in [0.4, 0.5) is 0 Å². The SMILES string of the molecule is O=C(CBr)c1ncc(Br)cc1S(=O)O. The number of carbonyl (C=O) groups is 1. The Labute approximate surface area is 99.7 Å². The Morgan fingerprint density at radius 3 is 2.79 bits per heavy atom. The van der Waals surface area contributed by atoms with Crippen molar-refractivity contribution in [2.75, 3.05) is 5.33 Å². The molecular weight excluding hydrogens is 338 g/mol. The maximum absolute atomic E-state index is 11.3. The lowest BCUT2D eigenvalue weighted by Crippen LogP contribution is -2.08. The van der Waals surface area contributed by atoms with Crippen molar-refractivity contribution in [2.45, 2.75) is 4.90 Å². The average Bonchev–Trinajstić information content (AvgIpc) is 2.16. The van der Waals surface area contributed by atoms with Crippen molar-refractivity contribution in [2.24, 2.45) is 0 Å². The number of carbonyl (C=O) groups excluding carboxylic acids is 1. The second-order valence-corrected chi connectivity index (χ2v) is 4.72. The predicted octanol–water partition coefficient (Wildman–Crippen LogP) is 2.00. The molecule has 1 atom stereocenters. The van der Waals surface area contributed by atoms with E-state index < -0.39 is 11.1 Å². The van der Waals surface area contributed by atoms with E-state index >= 15 is 0 Å². The van der Waals surface area contributed by atoms with E-state index in [2.05, 4.69) is 36.8 Å². The molecule has 1 heterocycles. The van der Waals surface area contributed by atoms with Gasteiger partial charge in [0.15, 0.2) is 16.9 Å². The smallest absolute Gasteiger partial charge is 0.192 e. The Kier molecular flexibility index (Phi) is 4.36. The van der Waals surface area contributed by atoms with Crippen LogP contribution in [0.1, 0.15) is 10.5 Å². The summed E-state index contributed by atoms with van der Waals surface area (Å²) in [6.07, 6.45) is 1.41. The van der Waals surface area contributed by atoms with Crippen molar-refractivity contribution in [1.82, 2.24) is 4.98 Å². The summed E-state index contributed by atoms with van der Waals surface area (Å²) in [6.45, 7) is 0. The van der Waals surface area contributed by atoms with Crippen LogP contribution in [0.15, 0.2) is 21.6 Å². The fourth-order valence-electron chi connectivity index (χ4n) is 0.827. The van der Waals surface area contributed by atoms with E-state index in [4.69, 9.17) is 4.55 Å². The van der Waals surface area contributed by atoms with Crippen molar-refractivity contribution in [3.8, 4) is 0 Å². The van der Waals surface area contributed by atoms with E-state index in [-0.39, 0.29) is 21.7 Å². The van der Waals surface area contributed by atoms with Crippen LogP contribution in [0.25, 0.3) is 0 Å². The van der Waals surface area contributed by atoms with Gasteiger partial charge in [0, 0.05) is 10.7 Å². The first-order valence-electron chi connectivity index (χ1n) is 3.42. The molecular formula is C7H5Br2NO3S. The Hall–Kier alpha value is -0.110. The van der Waals surface area contributed by atoms with Gasteiger partial charge in [0.05, 0.1) is 10.2 Å². The molecule has 0 radical (unpaired) electrons. The summed E-state index contributed by atoms with van der Waals surface area (Å²) in [7, 11) is 0. The van der Waals surface area contributed by atoms with Crippen LogP contribution in [-0.2, 0) is 11.1 Å². The zero-order valence-electron chi connectivity index (χ0n) is 6.74. The highest BCUT2D eigenvalue weighted by Crippen LogP contribution is 2.17. The van der Waals surface area contributed by atoms with Gasteiger partial charge in [-0.3, -0.25) is 9.78 Å². The number of nitrogens with zero attached hydrogens (tertiary/aromatic N) is 1. The van der Waals surface area contributed by atoms with E-state index in [1.54, 1.807) is 0 Å². The Bertz CT molecular complexity index is 397. The zero-order valence-corrected chi connectivity index (χ0v) is 10.7. The maximum atomic E-state index is 11.3.